The molecule has 4 rings (SSSR count). The first-order valence-corrected chi connectivity index (χ1v) is 8.75. The van der Waals surface area contributed by atoms with E-state index in [4.69, 9.17) is 0 Å². The summed E-state index contributed by atoms with van der Waals surface area (Å²) in [6.07, 6.45) is 0.915. The standard InChI is InChI=1S/C22H22FNO/c1-14-11-21-22(15(2)19(14)13-25)18-5-3-4-6-20(18)24(21)12-16-7-9-17(23)10-8-16/h3-10,14,25H,11-13H2,1-2H3. The summed E-state index contributed by atoms with van der Waals surface area (Å²) < 4.78 is 15.6. The summed E-state index contributed by atoms with van der Waals surface area (Å²) in [5.74, 6) is 0.122. The van der Waals surface area contributed by atoms with Crippen LogP contribution in [0.2, 0.25) is 0 Å². The van der Waals surface area contributed by atoms with Gasteiger partial charge < -0.3 is 9.67 Å². The third kappa shape index (κ3) is 2.59. The van der Waals surface area contributed by atoms with E-state index in [0.717, 1.165) is 24.1 Å². The van der Waals surface area contributed by atoms with Gasteiger partial charge in [0.05, 0.1) is 6.61 Å². The van der Waals surface area contributed by atoms with Gasteiger partial charge in [0.15, 0.2) is 0 Å². The fourth-order valence-electron chi connectivity index (χ4n) is 4.16. The van der Waals surface area contributed by atoms with Gasteiger partial charge in [-0.2, -0.15) is 0 Å². The molecule has 2 nitrogen and oxygen atoms in total. The predicted octanol–water partition coefficient (Wildman–Crippen LogP) is 4.79. The fraction of sp³-hybridized carbons (Fsp3) is 0.273. The van der Waals surface area contributed by atoms with E-state index in [1.807, 2.05) is 12.1 Å². The van der Waals surface area contributed by atoms with E-state index in [0.29, 0.717) is 5.92 Å². The van der Waals surface area contributed by atoms with Crippen molar-refractivity contribution in [3.8, 4) is 0 Å². The van der Waals surface area contributed by atoms with E-state index in [1.54, 1.807) is 0 Å². The molecule has 1 aromatic heterocycles. The Bertz CT molecular complexity index is 966. The van der Waals surface area contributed by atoms with Crippen LogP contribution in [0.15, 0.2) is 54.1 Å². The molecule has 2 aromatic carbocycles. The number of halogens is 1. The number of aliphatic hydroxyl groups is 1. The summed E-state index contributed by atoms with van der Waals surface area (Å²) in [6.45, 7) is 5.14. The van der Waals surface area contributed by atoms with Gasteiger partial charge in [0.25, 0.3) is 0 Å². The van der Waals surface area contributed by atoms with Crippen molar-refractivity contribution in [2.24, 2.45) is 5.92 Å². The number of aromatic nitrogens is 1. The first-order chi connectivity index (χ1) is 12.1. The molecular weight excluding hydrogens is 313 g/mol. The highest BCUT2D eigenvalue weighted by molar-refractivity contribution is 5.96. The number of para-hydroxylation sites is 1. The Morgan fingerprint density at radius 2 is 1.84 bits per heavy atom. The second-order valence-electron chi connectivity index (χ2n) is 6.96. The van der Waals surface area contributed by atoms with Crippen molar-refractivity contribution in [2.45, 2.75) is 26.8 Å². The zero-order valence-corrected chi connectivity index (χ0v) is 14.6. The largest absolute Gasteiger partial charge is 0.392 e. The van der Waals surface area contributed by atoms with Crippen LogP contribution in [0.5, 0.6) is 0 Å². The van der Waals surface area contributed by atoms with Gasteiger partial charge in [-0.3, -0.25) is 0 Å². The van der Waals surface area contributed by atoms with Crippen molar-refractivity contribution < 1.29 is 9.50 Å². The minimum atomic E-state index is -0.205. The lowest BCUT2D eigenvalue weighted by molar-refractivity contribution is 0.315. The maximum atomic E-state index is 13.2. The molecule has 0 fully saturated rings. The van der Waals surface area contributed by atoms with Gasteiger partial charge in [-0.25, -0.2) is 4.39 Å². The lowest BCUT2D eigenvalue weighted by atomic mass is 9.82. The Labute approximate surface area is 147 Å². The van der Waals surface area contributed by atoms with Crippen molar-refractivity contribution in [3.05, 3.63) is 76.7 Å². The highest BCUT2D eigenvalue weighted by Crippen LogP contribution is 2.40. The van der Waals surface area contributed by atoms with Crippen LogP contribution in [0, 0.1) is 11.7 Å². The number of hydrogen-bond acceptors (Lipinski definition) is 1. The maximum absolute atomic E-state index is 13.2. The van der Waals surface area contributed by atoms with Crippen molar-refractivity contribution in [1.82, 2.24) is 4.57 Å². The van der Waals surface area contributed by atoms with Crippen molar-refractivity contribution >= 4 is 16.5 Å². The van der Waals surface area contributed by atoms with Crippen LogP contribution in [-0.2, 0) is 13.0 Å². The molecule has 1 unspecified atom stereocenters. The molecule has 3 heteroatoms. The Hall–Kier alpha value is -2.39. The van der Waals surface area contributed by atoms with Gasteiger partial charge in [0, 0.05) is 28.7 Å². The number of benzene rings is 2. The maximum Gasteiger partial charge on any atom is 0.123 e. The molecule has 1 N–H and O–H groups in total. The highest BCUT2D eigenvalue weighted by Gasteiger charge is 2.27. The Balaban J connectivity index is 1.93. The van der Waals surface area contributed by atoms with E-state index in [2.05, 4.69) is 42.7 Å². The Morgan fingerprint density at radius 3 is 2.56 bits per heavy atom. The monoisotopic (exact) mass is 335 g/mol. The molecule has 1 atom stereocenters. The predicted molar refractivity (Wildman–Crippen MR) is 100.0 cm³/mol. The molecule has 0 saturated carbocycles. The zero-order chi connectivity index (χ0) is 17.6. The van der Waals surface area contributed by atoms with Crippen LogP contribution >= 0.6 is 0 Å². The summed E-state index contributed by atoms with van der Waals surface area (Å²) in [5.41, 5.74) is 7.20. The molecular formula is C22H22FNO. The van der Waals surface area contributed by atoms with E-state index in [9.17, 15) is 9.50 Å². The third-order valence-corrected chi connectivity index (χ3v) is 5.45. The first kappa shape index (κ1) is 16.1. The first-order valence-electron chi connectivity index (χ1n) is 8.75. The summed E-state index contributed by atoms with van der Waals surface area (Å²) >= 11 is 0. The van der Waals surface area contributed by atoms with Crippen LogP contribution in [0.3, 0.4) is 0 Å². The molecule has 3 aromatic rings. The molecule has 0 radical (unpaired) electrons. The van der Waals surface area contributed by atoms with Crippen molar-refractivity contribution in [3.63, 3.8) is 0 Å². The molecule has 25 heavy (non-hydrogen) atoms. The SMILES string of the molecule is CC1=C(CO)C(C)Cc2c1c1ccccc1n2Cc1ccc(F)cc1. The minimum absolute atomic E-state index is 0.115. The molecule has 0 spiro atoms. The quantitative estimate of drug-likeness (QED) is 0.732. The number of fused-ring (bicyclic) bond motifs is 3. The van der Waals surface area contributed by atoms with Crippen LogP contribution in [0.1, 0.15) is 30.7 Å². The van der Waals surface area contributed by atoms with Gasteiger partial charge in [0.2, 0.25) is 0 Å². The van der Waals surface area contributed by atoms with Crippen LogP contribution in [-0.4, -0.2) is 16.3 Å². The van der Waals surface area contributed by atoms with Gasteiger partial charge in [-0.15, -0.1) is 0 Å². The summed E-state index contributed by atoms with van der Waals surface area (Å²) in [6, 6.07) is 15.2. The van der Waals surface area contributed by atoms with Gasteiger partial charge in [-0.1, -0.05) is 37.3 Å². The molecule has 128 valence electrons. The van der Waals surface area contributed by atoms with Crippen LogP contribution < -0.4 is 0 Å². The molecule has 1 aliphatic rings. The average Bonchev–Trinajstić information content (AvgIpc) is 2.91. The number of aliphatic hydroxyl groups excluding tert-OH is 1. The summed E-state index contributed by atoms with van der Waals surface area (Å²) in [5, 5.41) is 11.0. The number of rotatable bonds is 3. The van der Waals surface area contributed by atoms with E-state index in [1.165, 1.54) is 39.9 Å². The fourth-order valence-corrected chi connectivity index (χ4v) is 4.16. The van der Waals surface area contributed by atoms with E-state index in [-0.39, 0.29) is 12.4 Å². The second kappa shape index (κ2) is 6.16. The van der Waals surface area contributed by atoms with Crippen LogP contribution in [0.25, 0.3) is 16.5 Å². The van der Waals surface area contributed by atoms with Gasteiger partial charge in [-0.05, 0) is 54.2 Å². The van der Waals surface area contributed by atoms with Gasteiger partial charge >= 0.3 is 0 Å². The number of allylic oxidation sites excluding steroid dienone is 1. The minimum Gasteiger partial charge on any atom is -0.392 e. The molecule has 0 amide bonds. The Kier molecular flexibility index (Phi) is 3.97. The second-order valence-corrected chi connectivity index (χ2v) is 6.96. The van der Waals surface area contributed by atoms with E-state index >= 15 is 0 Å². The highest BCUT2D eigenvalue weighted by atomic mass is 19.1. The third-order valence-electron chi connectivity index (χ3n) is 5.45. The molecule has 0 saturated heterocycles. The number of nitrogens with zero attached hydrogens (tertiary/aromatic N) is 1. The summed E-state index contributed by atoms with van der Waals surface area (Å²) in [7, 11) is 0. The lowest BCUT2D eigenvalue weighted by Gasteiger charge is -2.25. The molecule has 0 bridgehead atoms. The summed E-state index contributed by atoms with van der Waals surface area (Å²) in [4.78, 5) is 0. The van der Waals surface area contributed by atoms with Crippen LogP contribution in [0.4, 0.5) is 4.39 Å². The number of hydrogen-bond donors (Lipinski definition) is 1. The Morgan fingerprint density at radius 1 is 1.12 bits per heavy atom. The molecule has 1 heterocycles. The van der Waals surface area contributed by atoms with Gasteiger partial charge in [0.1, 0.15) is 5.82 Å². The molecule has 1 aliphatic carbocycles. The van der Waals surface area contributed by atoms with E-state index < -0.39 is 0 Å². The normalized spacial score (nSPS) is 17.2. The average molecular weight is 335 g/mol. The zero-order valence-electron chi connectivity index (χ0n) is 14.6. The smallest absolute Gasteiger partial charge is 0.123 e. The van der Waals surface area contributed by atoms with Crippen molar-refractivity contribution in [1.29, 1.82) is 0 Å². The molecule has 0 aliphatic heterocycles. The topological polar surface area (TPSA) is 25.2 Å². The van der Waals surface area contributed by atoms with Crippen molar-refractivity contribution in [2.75, 3.05) is 6.61 Å². The lowest BCUT2D eigenvalue weighted by Crippen LogP contribution is -2.18.